The minimum Gasteiger partial charge on any atom is -0.507 e. The van der Waals surface area contributed by atoms with Crippen LogP contribution in [0.5, 0.6) is 23.0 Å². The second-order valence-electron chi connectivity index (χ2n) is 7.16. The third kappa shape index (κ3) is 3.71. The van der Waals surface area contributed by atoms with E-state index in [0.717, 1.165) is 5.56 Å². The summed E-state index contributed by atoms with van der Waals surface area (Å²) in [6, 6.07) is 6.80. The molecule has 0 amide bonds. The molecule has 1 unspecified atom stereocenters. The zero-order valence-electron chi connectivity index (χ0n) is 15.9. The number of aliphatic hydroxyl groups excluding tert-OH is 1. The highest BCUT2D eigenvalue weighted by Gasteiger charge is 2.29. The number of aryl methyl sites for hydroxylation is 1. The number of aliphatic hydroxyl groups is 1. The topological polar surface area (TPSA) is 85.2 Å². The number of carbonyl (C=O) groups is 1. The maximum atomic E-state index is 12.6. The van der Waals surface area contributed by atoms with Crippen molar-refractivity contribution in [2.45, 2.75) is 39.9 Å². The molecule has 0 radical (unpaired) electrons. The van der Waals surface area contributed by atoms with Gasteiger partial charge in [0, 0.05) is 11.1 Å². The monoisotopic (exact) mass is 372 g/mol. The molecule has 2 aromatic carbocycles. The van der Waals surface area contributed by atoms with Crippen molar-refractivity contribution >= 4 is 5.97 Å². The lowest BCUT2D eigenvalue weighted by atomic mass is 9.96. The highest BCUT2D eigenvalue weighted by molar-refractivity contribution is 5.96. The van der Waals surface area contributed by atoms with Crippen molar-refractivity contribution in [2.24, 2.45) is 5.92 Å². The van der Waals surface area contributed by atoms with Crippen molar-refractivity contribution < 1.29 is 29.2 Å². The third-order valence-electron chi connectivity index (χ3n) is 4.50. The van der Waals surface area contributed by atoms with Crippen LogP contribution in [0.4, 0.5) is 0 Å². The summed E-state index contributed by atoms with van der Waals surface area (Å²) in [6.45, 7) is 5.84. The normalized spacial score (nSPS) is 14.4. The maximum absolute atomic E-state index is 12.6. The van der Waals surface area contributed by atoms with Crippen LogP contribution >= 0.6 is 0 Å². The van der Waals surface area contributed by atoms with Crippen LogP contribution in [0.2, 0.25) is 0 Å². The summed E-state index contributed by atoms with van der Waals surface area (Å²) in [5.74, 6) is 0.307. The van der Waals surface area contributed by atoms with Gasteiger partial charge in [-0.25, -0.2) is 4.79 Å². The first-order valence-electron chi connectivity index (χ1n) is 8.88. The minimum absolute atomic E-state index is 0.0101. The van der Waals surface area contributed by atoms with Gasteiger partial charge in [-0.15, -0.1) is 0 Å². The molecule has 144 valence electrons. The molecule has 0 aromatic heterocycles. The van der Waals surface area contributed by atoms with Gasteiger partial charge in [-0.2, -0.15) is 0 Å². The second kappa shape index (κ2) is 7.48. The van der Waals surface area contributed by atoms with Crippen LogP contribution in [-0.2, 0) is 11.3 Å². The molecule has 0 saturated heterocycles. The zero-order valence-corrected chi connectivity index (χ0v) is 15.9. The first kappa shape index (κ1) is 19.0. The Morgan fingerprint density at radius 3 is 2.67 bits per heavy atom. The van der Waals surface area contributed by atoms with Gasteiger partial charge in [-0.3, -0.25) is 0 Å². The average Bonchev–Trinajstić information content (AvgIpc) is 2.59. The number of ether oxygens (including phenoxy) is 3. The van der Waals surface area contributed by atoms with E-state index in [1.807, 2.05) is 32.9 Å². The van der Waals surface area contributed by atoms with E-state index in [-0.39, 0.29) is 35.2 Å². The molecule has 1 aliphatic rings. The smallest absolute Gasteiger partial charge is 0.346 e. The predicted octanol–water partition coefficient (Wildman–Crippen LogP) is 4.25. The maximum Gasteiger partial charge on any atom is 0.346 e. The van der Waals surface area contributed by atoms with Crippen LogP contribution in [0.3, 0.4) is 0 Å². The van der Waals surface area contributed by atoms with Gasteiger partial charge in [0.1, 0.15) is 23.7 Å². The molecule has 27 heavy (non-hydrogen) atoms. The predicted molar refractivity (Wildman–Crippen MR) is 99.4 cm³/mol. The lowest BCUT2D eigenvalue weighted by Gasteiger charge is -2.23. The molecular weight excluding hydrogens is 348 g/mol. The van der Waals surface area contributed by atoms with Crippen molar-refractivity contribution in [3.8, 4) is 23.0 Å². The molecule has 1 atom stereocenters. The van der Waals surface area contributed by atoms with Crippen LogP contribution in [0.15, 0.2) is 24.3 Å². The fourth-order valence-corrected chi connectivity index (χ4v) is 3.23. The molecule has 1 aliphatic heterocycles. The van der Waals surface area contributed by atoms with Gasteiger partial charge >= 0.3 is 5.97 Å². The zero-order chi connectivity index (χ0) is 19.7. The van der Waals surface area contributed by atoms with Crippen molar-refractivity contribution in [3.05, 3.63) is 46.5 Å². The van der Waals surface area contributed by atoms with Crippen LogP contribution in [0, 0.1) is 12.8 Å². The quantitative estimate of drug-likeness (QED) is 0.781. The lowest BCUT2D eigenvalue weighted by Crippen LogP contribution is -2.13. The summed E-state index contributed by atoms with van der Waals surface area (Å²) in [5, 5.41) is 21.0. The lowest BCUT2D eigenvalue weighted by molar-refractivity contribution is 0.0454. The summed E-state index contributed by atoms with van der Waals surface area (Å²) in [5.41, 5.74) is 1.80. The number of rotatable bonds is 4. The van der Waals surface area contributed by atoms with Crippen molar-refractivity contribution in [1.29, 1.82) is 0 Å². The van der Waals surface area contributed by atoms with E-state index in [4.69, 9.17) is 14.2 Å². The Hall–Kier alpha value is -2.73. The molecule has 0 aliphatic carbocycles. The summed E-state index contributed by atoms with van der Waals surface area (Å²) in [7, 11) is 1.53. The highest BCUT2D eigenvalue weighted by Crippen LogP contribution is 2.44. The van der Waals surface area contributed by atoms with E-state index in [0.29, 0.717) is 23.5 Å². The van der Waals surface area contributed by atoms with Crippen molar-refractivity contribution in [1.82, 2.24) is 0 Å². The number of fused-ring (bicyclic) bond motifs is 2. The number of aromatic hydroxyl groups is 1. The Balaban J connectivity index is 2.10. The number of phenolic OH excluding ortho intramolecular Hbond substituents is 1. The standard InChI is InChI=1S/C21H24O6/c1-11(2)7-15(22)14-5-6-16-18(19(14)23)21(24)26-10-13-8-12(3)9-17(25-4)20(13)27-16/h5-6,8-9,11,15,22-23H,7,10H2,1-4H3. The van der Waals surface area contributed by atoms with Crippen molar-refractivity contribution in [3.63, 3.8) is 0 Å². The molecule has 6 heteroatoms. The number of cyclic esters (lactones) is 1. The number of phenols is 1. The summed E-state index contributed by atoms with van der Waals surface area (Å²) >= 11 is 0. The summed E-state index contributed by atoms with van der Waals surface area (Å²) in [4.78, 5) is 12.6. The molecule has 0 bridgehead atoms. The SMILES string of the molecule is COc1cc(C)cc2c1Oc1ccc(C(O)CC(C)C)c(O)c1C(=O)OC2. The highest BCUT2D eigenvalue weighted by atomic mass is 16.5. The van der Waals surface area contributed by atoms with Gasteiger partial charge in [0.15, 0.2) is 11.5 Å². The minimum atomic E-state index is -0.891. The van der Waals surface area contributed by atoms with Crippen LogP contribution in [0.1, 0.15) is 53.4 Å². The van der Waals surface area contributed by atoms with E-state index in [1.165, 1.54) is 7.11 Å². The van der Waals surface area contributed by atoms with E-state index in [1.54, 1.807) is 12.1 Å². The summed E-state index contributed by atoms with van der Waals surface area (Å²) < 4.78 is 16.7. The average molecular weight is 372 g/mol. The van der Waals surface area contributed by atoms with Gasteiger partial charge in [0.2, 0.25) is 0 Å². The van der Waals surface area contributed by atoms with Crippen LogP contribution in [0.25, 0.3) is 0 Å². The van der Waals surface area contributed by atoms with Crippen molar-refractivity contribution in [2.75, 3.05) is 7.11 Å². The number of esters is 1. The number of hydrogen-bond donors (Lipinski definition) is 2. The van der Waals surface area contributed by atoms with Crippen LogP contribution < -0.4 is 9.47 Å². The molecule has 3 rings (SSSR count). The third-order valence-corrected chi connectivity index (χ3v) is 4.50. The Kier molecular flexibility index (Phi) is 5.28. The molecular formula is C21H24O6. The number of carbonyl (C=O) groups excluding carboxylic acids is 1. The van der Waals surface area contributed by atoms with Crippen LogP contribution in [-0.4, -0.2) is 23.3 Å². The van der Waals surface area contributed by atoms with E-state index in [2.05, 4.69) is 0 Å². The Labute approximate surface area is 158 Å². The fraction of sp³-hybridized carbons (Fsp3) is 0.381. The fourth-order valence-electron chi connectivity index (χ4n) is 3.23. The Morgan fingerprint density at radius 2 is 2.00 bits per heavy atom. The second-order valence-corrected chi connectivity index (χ2v) is 7.16. The van der Waals surface area contributed by atoms with Gasteiger partial charge in [0.25, 0.3) is 0 Å². The molecule has 0 saturated carbocycles. The number of hydrogen-bond acceptors (Lipinski definition) is 6. The van der Waals surface area contributed by atoms with E-state index >= 15 is 0 Å². The van der Waals surface area contributed by atoms with E-state index in [9.17, 15) is 15.0 Å². The van der Waals surface area contributed by atoms with Gasteiger partial charge < -0.3 is 24.4 Å². The van der Waals surface area contributed by atoms with Gasteiger partial charge in [-0.05, 0) is 49.1 Å². The molecule has 2 aromatic rings. The first-order chi connectivity index (χ1) is 12.8. The van der Waals surface area contributed by atoms with Gasteiger partial charge in [-0.1, -0.05) is 13.8 Å². The summed E-state index contributed by atoms with van der Waals surface area (Å²) in [6.07, 6.45) is -0.434. The largest absolute Gasteiger partial charge is 0.507 e. The Bertz CT molecular complexity index is 871. The molecule has 6 nitrogen and oxygen atoms in total. The Morgan fingerprint density at radius 1 is 1.26 bits per heavy atom. The molecule has 0 fully saturated rings. The van der Waals surface area contributed by atoms with Gasteiger partial charge in [0.05, 0.1) is 13.2 Å². The number of benzene rings is 2. The first-order valence-corrected chi connectivity index (χ1v) is 8.88. The molecule has 2 N–H and O–H groups in total. The molecule has 1 heterocycles. The van der Waals surface area contributed by atoms with E-state index < -0.39 is 12.1 Å². The molecule has 0 spiro atoms. The number of methoxy groups -OCH3 is 1.